The first kappa shape index (κ1) is 12.8. The molecule has 1 heterocycles. The molecular weight excluding hydrogens is 216 g/mol. The Morgan fingerprint density at radius 2 is 2.00 bits per heavy atom. The third-order valence-electron chi connectivity index (χ3n) is 4.23. The number of hydrogen-bond donors (Lipinski definition) is 2. The normalized spacial score (nSPS) is 30.5. The average Bonchev–Trinajstić information content (AvgIpc) is 2.76. The molecule has 2 N–H and O–H groups in total. The molecule has 1 saturated carbocycles. The van der Waals surface area contributed by atoms with Gasteiger partial charge in [0.2, 0.25) is 5.91 Å². The first-order valence-corrected chi connectivity index (χ1v) is 6.83. The number of aliphatic hydroxyl groups excluding tert-OH is 1. The summed E-state index contributed by atoms with van der Waals surface area (Å²) in [6, 6.07) is -0.0360. The number of rotatable bonds is 3. The van der Waals surface area contributed by atoms with E-state index in [0.717, 1.165) is 0 Å². The van der Waals surface area contributed by atoms with Crippen LogP contribution in [0.5, 0.6) is 0 Å². The van der Waals surface area contributed by atoms with Crippen molar-refractivity contribution < 1.29 is 9.90 Å². The summed E-state index contributed by atoms with van der Waals surface area (Å²) in [7, 11) is 1.83. The fourth-order valence-corrected chi connectivity index (χ4v) is 3.01. The molecule has 1 aliphatic carbocycles. The Labute approximate surface area is 103 Å². The van der Waals surface area contributed by atoms with E-state index < -0.39 is 6.10 Å². The van der Waals surface area contributed by atoms with Gasteiger partial charge in [0.15, 0.2) is 0 Å². The lowest BCUT2D eigenvalue weighted by Crippen LogP contribution is -2.44. The Bertz CT molecular complexity index is 264. The molecular formula is C13H24N2O2. The Morgan fingerprint density at radius 3 is 2.59 bits per heavy atom. The van der Waals surface area contributed by atoms with Crippen LogP contribution in [0.3, 0.4) is 0 Å². The molecule has 0 radical (unpaired) electrons. The van der Waals surface area contributed by atoms with E-state index in [4.69, 9.17) is 0 Å². The van der Waals surface area contributed by atoms with Crippen LogP contribution in [0.15, 0.2) is 0 Å². The van der Waals surface area contributed by atoms with Gasteiger partial charge in [-0.2, -0.15) is 0 Å². The molecule has 0 bridgehead atoms. The quantitative estimate of drug-likeness (QED) is 0.765. The van der Waals surface area contributed by atoms with E-state index in [1.807, 2.05) is 7.05 Å². The number of aliphatic hydroxyl groups is 1. The lowest BCUT2D eigenvalue weighted by Gasteiger charge is -2.29. The maximum absolute atomic E-state index is 12.1. The van der Waals surface area contributed by atoms with Crippen LogP contribution >= 0.6 is 0 Å². The van der Waals surface area contributed by atoms with E-state index in [2.05, 4.69) is 5.32 Å². The molecule has 2 rings (SSSR count). The molecule has 0 spiro atoms. The fourth-order valence-electron chi connectivity index (χ4n) is 3.01. The summed E-state index contributed by atoms with van der Waals surface area (Å²) in [5.74, 6) is 0.773. The number of likely N-dealkylation sites (N-methyl/N-ethyl adjacent to an activating group) is 1. The summed E-state index contributed by atoms with van der Waals surface area (Å²) in [5, 5.41) is 12.9. The van der Waals surface area contributed by atoms with Gasteiger partial charge < -0.3 is 15.3 Å². The van der Waals surface area contributed by atoms with Crippen molar-refractivity contribution >= 4 is 5.91 Å². The molecule has 2 fully saturated rings. The van der Waals surface area contributed by atoms with Gasteiger partial charge in [-0.1, -0.05) is 19.3 Å². The van der Waals surface area contributed by atoms with Gasteiger partial charge in [0, 0.05) is 26.6 Å². The van der Waals surface area contributed by atoms with Crippen LogP contribution in [0.1, 0.15) is 38.5 Å². The zero-order valence-electron chi connectivity index (χ0n) is 10.7. The van der Waals surface area contributed by atoms with Gasteiger partial charge >= 0.3 is 0 Å². The van der Waals surface area contributed by atoms with E-state index in [1.54, 1.807) is 4.90 Å². The second kappa shape index (κ2) is 5.83. The van der Waals surface area contributed by atoms with Crippen LogP contribution in [0.2, 0.25) is 0 Å². The molecule has 1 saturated heterocycles. The Kier molecular flexibility index (Phi) is 4.40. The molecule has 4 nitrogen and oxygen atoms in total. The molecule has 4 heteroatoms. The highest BCUT2D eigenvalue weighted by atomic mass is 16.3. The molecule has 17 heavy (non-hydrogen) atoms. The van der Waals surface area contributed by atoms with Gasteiger partial charge in [-0.25, -0.2) is 0 Å². The number of nitrogens with one attached hydrogen (secondary N) is 1. The molecule has 0 aromatic rings. The first-order chi connectivity index (χ1) is 8.18. The minimum Gasteiger partial charge on any atom is -0.390 e. The van der Waals surface area contributed by atoms with E-state index >= 15 is 0 Å². The van der Waals surface area contributed by atoms with Crippen molar-refractivity contribution in [1.82, 2.24) is 10.2 Å². The maximum Gasteiger partial charge on any atom is 0.222 e. The van der Waals surface area contributed by atoms with Crippen LogP contribution in [0.4, 0.5) is 0 Å². The van der Waals surface area contributed by atoms with Gasteiger partial charge in [-0.15, -0.1) is 0 Å². The lowest BCUT2D eigenvalue weighted by atomic mass is 9.86. The number of hydrogen-bond acceptors (Lipinski definition) is 3. The maximum atomic E-state index is 12.1. The zero-order valence-corrected chi connectivity index (χ0v) is 10.7. The van der Waals surface area contributed by atoms with Crippen molar-refractivity contribution in [3.8, 4) is 0 Å². The molecule has 2 atom stereocenters. The summed E-state index contributed by atoms with van der Waals surface area (Å²) in [4.78, 5) is 13.9. The average molecular weight is 240 g/mol. The Morgan fingerprint density at radius 1 is 1.29 bits per heavy atom. The van der Waals surface area contributed by atoms with Crippen molar-refractivity contribution in [3.05, 3.63) is 0 Å². The van der Waals surface area contributed by atoms with Crippen LogP contribution < -0.4 is 5.32 Å². The van der Waals surface area contributed by atoms with E-state index in [0.29, 0.717) is 25.4 Å². The van der Waals surface area contributed by atoms with E-state index in [-0.39, 0.29) is 11.9 Å². The summed E-state index contributed by atoms with van der Waals surface area (Å²) >= 11 is 0. The number of carbonyl (C=O) groups excluding carboxylic acids is 1. The van der Waals surface area contributed by atoms with Crippen molar-refractivity contribution in [1.29, 1.82) is 0 Å². The zero-order chi connectivity index (χ0) is 12.3. The van der Waals surface area contributed by atoms with Gasteiger partial charge in [0.05, 0.1) is 12.1 Å². The van der Waals surface area contributed by atoms with E-state index in [9.17, 15) is 9.90 Å². The molecule has 0 unspecified atom stereocenters. The molecule has 0 aromatic heterocycles. The van der Waals surface area contributed by atoms with Crippen molar-refractivity contribution in [2.75, 3.05) is 20.1 Å². The van der Waals surface area contributed by atoms with Crippen LogP contribution in [0.25, 0.3) is 0 Å². The standard InChI is InChI=1S/C13H24N2O2/c1-15(11-8-14-9-12(11)16)13(17)7-10-5-3-2-4-6-10/h10-12,14,16H,2-9H2,1H3/t11-,12-/m0/s1. The highest BCUT2D eigenvalue weighted by Crippen LogP contribution is 2.27. The molecule has 0 aromatic carbocycles. The summed E-state index contributed by atoms with van der Waals surface area (Å²) in [6.07, 6.45) is 6.53. The van der Waals surface area contributed by atoms with Crippen molar-refractivity contribution in [2.45, 2.75) is 50.7 Å². The van der Waals surface area contributed by atoms with Gasteiger partial charge in [0.1, 0.15) is 0 Å². The summed E-state index contributed by atoms with van der Waals surface area (Å²) in [5.41, 5.74) is 0. The number of amides is 1. The van der Waals surface area contributed by atoms with E-state index in [1.165, 1.54) is 32.1 Å². The molecule has 98 valence electrons. The molecule has 1 amide bonds. The van der Waals surface area contributed by atoms with Gasteiger partial charge in [-0.3, -0.25) is 4.79 Å². The fraction of sp³-hybridized carbons (Fsp3) is 0.923. The second-order valence-electron chi connectivity index (χ2n) is 5.51. The predicted molar refractivity (Wildman–Crippen MR) is 66.6 cm³/mol. The highest BCUT2D eigenvalue weighted by Gasteiger charge is 2.31. The third kappa shape index (κ3) is 3.19. The minimum atomic E-state index is -0.407. The summed E-state index contributed by atoms with van der Waals surface area (Å²) < 4.78 is 0. The van der Waals surface area contributed by atoms with Crippen LogP contribution in [-0.2, 0) is 4.79 Å². The molecule has 2 aliphatic rings. The SMILES string of the molecule is CN(C(=O)CC1CCCCC1)[C@H]1CNC[C@@H]1O. The Hall–Kier alpha value is -0.610. The second-order valence-corrected chi connectivity index (χ2v) is 5.51. The molecule has 1 aliphatic heterocycles. The van der Waals surface area contributed by atoms with Crippen LogP contribution in [-0.4, -0.2) is 48.2 Å². The number of nitrogens with zero attached hydrogens (tertiary/aromatic N) is 1. The van der Waals surface area contributed by atoms with Crippen molar-refractivity contribution in [2.24, 2.45) is 5.92 Å². The third-order valence-corrected chi connectivity index (χ3v) is 4.23. The van der Waals surface area contributed by atoms with Gasteiger partial charge in [-0.05, 0) is 18.8 Å². The lowest BCUT2D eigenvalue weighted by molar-refractivity contribution is -0.134. The predicted octanol–water partition coefficient (Wildman–Crippen LogP) is 0.748. The Balaban J connectivity index is 1.81. The highest BCUT2D eigenvalue weighted by molar-refractivity contribution is 5.76. The smallest absolute Gasteiger partial charge is 0.222 e. The summed E-state index contributed by atoms with van der Waals surface area (Å²) in [6.45, 7) is 1.32. The number of carbonyl (C=O) groups is 1. The van der Waals surface area contributed by atoms with Gasteiger partial charge in [0.25, 0.3) is 0 Å². The number of β-amino-alcohol motifs (C(OH)–C–C–N with tert-alkyl or cyclic N) is 1. The minimum absolute atomic E-state index is 0.0360. The largest absolute Gasteiger partial charge is 0.390 e. The first-order valence-electron chi connectivity index (χ1n) is 6.83. The monoisotopic (exact) mass is 240 g/mol. The van der Waals surface area contributed by atoms with Crippen molar-refractivity contribution in [3.63, 3.8) is 0 Å². The van der Waals surface area contributed by atoms with Crippen LogP contribution in [0, 0.1) is 5.92 Å². The topological polar surface area (TPSA) is 52.6 Å².